The number of aromatic hydroxyl groups is 1. The highest BCUT2D eigenvalue weighted by Gasteiger charge is 2.54. The summed E-state index contributed by atoms with van der Waals surface area (Å²) >= 11 is 0. The van der Waals surface area contributed by atoms with E-state index in [1.807, 2.05) is 0 Å². The van der Waals surface area contributed by atoms with Crippen LogP contribution in [0, 0.1) is 0 Å². The Balaban J connectivity index is 2.04. The summed E-state index contributed by atoms with van der Waals surface area (Å²) in [4.78, 5) is 10.9. The average Bonchev–Trinajstić information content (AvgIpc) is 2.72. The van der Waals surface area contributed by atoms with E-state index in [2.05, 4.69) is 10.6 Å². The third kappa shape index (κ3) is 1.25. The first kappa shape index (κ1) is 10.4. The zero-order chi connectivity index (χ0) is 12.2. The van der Waals surface area contributed by atoms with Crippen LogP contribution in [0.15, 0.2) is 18.2 Å². The van der Waals surface area contributed by atoms with E-state index in [0.717, 1.165) is 0 Å². The number of benzene rings is 1. The topological polar surface area (TPSA) is 102 Å². The maximum atomic E-state index is 10.9. The minimum absolute atomic E-state index is 0.0546. The van der Waals surface area contributed by atoms with Gasteiger partial charge in [0.2, 0.25) is 0 Å². The number of anilines is 1. The molecule has 1 saturated heterocycles. The van der Waals surface area contributed by atoms with E-state index in [4.69, 9.17) is 5.11 Å². The quantitative estimate of drug-likeness (QED) is 0.432. The number of carboxylic acids is 1. The van der Waals surface area contributed by atoms with E-state index in [0.29, 0.717) is 11.3 Å². The number of aliphatic hydroxyl groups is 1. The summed E-state index contributed by atoms with van der Waals surface area (Å²) in [6.07, 6.45) is -0.497. The van der Waals surface area contributed by atoms with Crippen molar-refractivity contribution in [3.05, 3.63) is 23.8 Å². The fraction of sp³-hybridized carbons (Fsp3) is 0.364. The first-order chi connectivity index (χ1) is 8.02. The van der Waals surface area contributed by atoms with E-state index in [9.17, 15) is 15.0 Å². The molecule has 1 fully saturated rings. The van der Waals surface area contributed by atoms with Gasteiger partial charge in [-0.2, -0.15) is 0 Å². The molecule has 3 unspecified atom stereocenters. The summed E-state index contributed by atoms with van der Waals surface area (Å²) in [6, 6.07) is 4.05. The van der Waals surface area contributed by atoms with Crippen LogP contribution in [0.2, 0.25) is 0 Å². The summed E-state index contributed by atoms with van der Waals surface area (Å²) in [5, 5.41) is 34.8. The summed E-state index contributed by atoms with van der Waals surface area (Å²) in [5.74, 6) is -0.935. The van der Waals surface area contributed by atoms with Gasteiger partial charge in [0.15, 0.2) is 0 Å². The Morgan fingerprint density at radius 2 is 2.24 bits per heavy atom. The number of phenolic OH excluding ortho intramolecular Hbond substituents is 1. The Kier molecular flexibility index (Phi) is 1.90. The third-order valence-electron chi connectivity index (χ3n) is 3.46. The molecule has 6 heteroatoms. The molecule has 17 heavy (non-hydrogen) atoms. The summed E-state index contributed by atoms with van der Waals surface area (Å²) in [5.41, 5.74) is -0.271. The molecule has 0 aliphatic carbocycles. The Hall–Kier alpha value is -1.79. The molecule has 0 bridgehead atoms. The van der Waals surface area contributed by atoms with Crippen molar-refractivity contribution >= 4 is 11.7 Å². The lowest BCUT2D eigenvalue weighted by molar-refractivity contribution is -0.139. The summed E-state index contributed by atoms with van der Waals surface area (Å²) in [6.45, 7) is 0. The Morgan fingerprint density at radius 1 is 1.47 bits per heavy atom. The number of hydrogen-bond donors (Lipinski definition) is 5. The van der Waals surface area contributed by atoms with Gasteiger partial charge in [0, 0.05) is 12.0 Å². The number of carboxylic acid groups (broad SMARTS) is 1. The van der Waals surface area contributed by atoms with Crippen LogP contribution >= 0.6 is 0 Å². The highest BCUT2D eigenvalue weighted by Crippen LogP contribution is 2.48. The summed E-state index contributed by atoms with van der Waals surface area (Å²) in [7, 11) is 0. The maximum absolute atomic E-state index is 10.9. The van der Waals surface area contributed by atoms with E-state index < -0.39 is 23.8 Å². The number of hydrogen-bond acceptors (Lipinski definition) is 5. The number of nitrogens with one attached hydrogen (secondary N) is 2. The minimum Gasteiger partial charge on any atom is -0.506 e. The first-order valence-corrected chi connectivity index (χ1v) is 5.32. The molecule has 0 spiro atoms. The number of phenols is 1. The maximum Gasteiger partial charge on any atom is 0.320 e. The predicted octanol–water partition coefficient (Wildman–Crippen LogP) is -0.222. The molecule has 1 aromatic rings. The lowest BCUT2D eigenvalue weighted by atomic mass is 9.91. The van der Waals surface area contributed by atoms with Gasteiger partial charge < -0.3 is 20.6 Å². The lowest BCUT2D eigenvalue weighted by Gasteiger charge is -2.21. The predicted molar refractivity (Wildman–Crippen MR) is 58.6 cm³/mol. The fourth-order valence-corrected chi connectivity index (χ4v) is 2.61. The standard InChI is InChI=1S/C11H12N2O4/c14-7-3-1-2-5-8(7)13-10-11(5,17)4-6(12-10)9(15)16/h1-3,6,10,12-14,17H,4H2,(H,15,16). The molecule has 90 valence electrons. The molecule has 2 aliphatic rings. The Bertz CT molecular complexity index is 504. The largest absolute Gasteiger partial charge is 0.506 e. The van der Waals surface area contributed by atoms with Crippen LogP contribution < -0.4 is 10.6 Å². The molecule has 1 aromatic carbocycles. The van der Waals surface area contributed by atoms with Crippen LogP contribution in [0.5, 0.6) is 5.75 Å². The van der Waals surface area contributed by atoms with E-state index in [-0.39, 0.29) is 12.2 Å². The van der Waals surface area contributed by atoms with Crippen molar-refractivity contribution in [2.45, 2.75) is 24.2 Å². The Morgan fingerprint density at radius 3 is 2.94 bits per heavy atom. The molecule has 2 aliphatic heterocycles. The fourth-order valence-electron chi connectivity index (χ4n) is 2.61. The van der Waals surface area contributed by atoms with Gasteiger partial charge in [-0.25, -0.2) is 0 Å². The van der Waals surface area contributed by atoms with Gasteiger partial charge >= 0.3 is 5.97 Å². The van der Waals surface area contributed by atoms with Gasteiger partial charge in [0.25, 0.3) is 0 Å². The molecule has 0 radical (unpaired) electrons. The van der Waals surface area contributed by atoms with Crippen LogP contribution in [0.4, 0.5) is 5.69 Å². The molecule has 2 heterocycles. The van der Waals surface area contributed by atoms with Crippen LogP contribution in [0.1, 0.15) is 12.0 Å². The van der Waals surface area contributed by atoms with E-state index in [1.54, 1.807) is 12.1 Å². The zero-order valence-electron chi connectivity index (χ0n) is 8.84. The molecule has 3 atom stereocenters. The highest BCUT2D eigenvalue weighted by molar-refractivity contribution is 5.77. The molecule has 0 aromatic heterocycles. The minimum atomic E-state index is -1.28. The van der Waals surface area contributed by atoms with Crippen molar-refractivity contribution in [1.29, 1.82) is 0 Å². The van der Waals surface area contributed by atoms with Crippen molar-refractivity contribution in [2.75, 3.05) is 5.32 Å². The molecule has 6 nitrogen and oxygen atoms in total. The molecular weight excluding hydrogens is 224 g/mol. The van der Waals surface area contributed by atoms with Crippen LogP contribution in [-0.4, -0.2) is 33.5 Å². The van der Waals surface area contributed by atoms with Crippen molar-refractivity contribution < 1.29 is 20.1 Å². The third-order valence-corrected chi connectivity index (χ3v) is 3.46. The zero-order valence-corrected chi connectivity index (χ0v) is 8.84. The average molecular weight is 236 g/mol. The van der Waals surface area contributed by atoms with Gasteiger partial charge in [-0.15, -0.1) is 0 Å². The summed E-state index contributed by atoms with van der Waals surface area (Å²) < 4.78 is 0. The van der Waals surface area contributed by atoms with Crippen molar-refractivity contribution in [2.24, 2.45) is 0 Å². The SMILES string of the molecule is O=C(O)C1CC2(O)c3cccc(O)c3NC2N1. The Labute approximate surface area is 96.9 Å². The van der Waals surface area contributed by atoms with Gasteiger partial charge in [0.1, 0.15) is 23.6 Å². The van der Waals surface area contributed by atoms with Gasteiger partial charge in [0.05, 0.1) is 5.69 Å². The second-order valence-corrected chi connectivity index (χ2v) is 4.46. The molecule has 3 rings (SSSR count). The molecular formula is C11H12N2O4. The second kappa shape index (κ2) is 3.12. The van der Waals surface area contributed by atoms with Gasteiger partial charge in [-0.3, -0.25) is 10.1 Å². The van der Waals surface area contributed by atoms with Crippen LogP contribution in [-0.2, 0) is 10.4 Å². The monoisotopic (exact) mass is 236 g/mol. The van der Waals surface area contributed by atoms with Crippen LogP contribution in [0.3, 0.4) is 0 Å². The number of fused-ring (bicyclic) bond motifs is 3. The van der Waals surface area contributed by atoms with Crippen molar-refractivity contribution in [1.82, 2.24) is 5.32 Å². The smallest absolute Gasteiger partial charge is 0.320 e. The molecule has 5 N–H and O–H groups in total. The molecule has 0 amide bonds. The van der Waals surface area contributed by atoms with Gasteiger partial charge in [-0.05, 0) is 6.07 Å². The highest BCUT2D eigenvalue weighted by atomic mass is 16.4. The first-order valence-electron chi connectivity index (χ1n) is 5.32. The van der Waals surface area contributed by atoms with Gasteiger partial charge in [-0.1, -0.05) is 12.1 Å². The number of carbonyl (C=O) groups is 1. The van der Waals surface area contributed by atoms with E-state index in [1.165, 1.54) is 6.07 Å². The van der Waals surface area contributed by atoms with Crippen molar-refractivity contribution in [3.63, 3.8) is 0 Å². The number of aliphatic carboxylic acids is 1. The number of para-hydroxylation sites is 1. The van der Waals surface area contributed by atoms with Crippen molar-refractivity contribution in [3.8, 4) is 5.75 Å². The van der Waals surface area contributed by atoms with Crippen LogP contribution in [0.25, 0.3) is 0 Å². The second-order valence-electron chi connectivity index (χ2n) is 4.46. The lowest BCUT2D eigenvalue weighted by Crippen LogP contribution is -2.42. The molecule has 0 saturated carbocycles. The normalized spacial score (nSPS) is 33.9. The number of rotatable bonds is 1. The van der Waals surface area contributed by atoms with E-state index >= 15 is 0 Å².